The number of rotatable bonds is 5. The van der Waals surface area contributed by atoms with Crippen LogP contribution in [-0.2, 0) is 6.42 Å². The van der Waals surface area contributed by atoms with Crippen molar-refractivity contribution in [3.63, 3.8) is 0 Å². The number of H-pyrrole nitrogens is 1. The SMILES string of the molecule is CCCNCCc1ccc(O)c2[nH]c(=O)ccc12.Cl. The number of aromatic amines is 1. The Balaban J connectivity index is 0.00000180. The largest absolute Gasteiger partial charge is 0.506 e. The molecule has 2 rings (SSSR count). The van der Waals surface area contributed by atoms with Crippen molar-refractivity contribution < 1.29 is 5.11 Å². The van der Waals surface area contributed by atoms with Crippen molar-refractivity contribution in [1.82, 2.24) is 10.3 Å². The van der Waals surface area contributed by atoms with Crippen molar-refractivity contribution in [1.29, 1.82) is 0 Å². The van der Waals surface area contributed by atoms with E-state index >= 15 is 0 Å². The summed E-state index contributed by atoms with van der Waals surface area (Å²) < 4.78 is 0. The highest BCUT2D eigenvalue weighted by Gasteiger charge is 2.05. The Hall–Kier alpha value is -1.52. The molecule has 0 spiro atoms. The van der Waals surface area contributed by atoms with Crippen LogP contribution in [0.1, 0.15) is 18.9 Å². The molecule has 0 bridgehead atoms. The number of benzene rings is 1. The number of aromatic nitrogens is 1. The number of hydrogen-bond acceptors (Lipinski definition) is 3. The highest BCUT2D eigenvalue weighted by molar-refractivity contribution is 5.87. The van der Waals surface area contributed by atoms with Gasteiger partial charge in [0.05, 0.1) is 5.52 Å². The second-order valence-corrected chi connectivity index (χ2v) is 4.36. The summed E-state index contributed by atoms with van der Waals surface area (Å²) in [4.78, 5) is 13.9. The van der Waals surface area contributed by atoms with Gasteiger partial charge in [-0.3, -0.25) is 4.79 Å². The molecule has 0 fully saturated rings. The topological polar surface area (TPSA) is 65.1 Å². The summed E-state index contributed by atoms with van der Waals surface area (Å²) in [5, 5.41) is 14.0. The molecule has 1 heterocycles. The zero-order valence-electron chi connectivity index (χ0n) is 10.9. The van der Waals surface area contributed by atoms with E-state index in [-0.39, 0.29) is 23.7 Å². The van der Waals surface area contributed by atoms with E-state index in [0.717, 1.165) is 36.9 Å². The Morgan fingerprint density at radius 2 is 2.00 bits per heavy atom. The Kier molecular flexibility index (Phi) is 5.86. The van der Waals surface area contributed by atoms with Gasteiger partial charge in [-0.2, -0.15) is 0 Å². The summed E-state index contributed by atoms with van der Waals surface area (Å²) >= 11 is 0. The molecule has 0 aliphatic heterocycles. The van der Waals surface area contributed by atoms with Crippen LogP contribution in [0.25, 0.3) is 10.9 Å². The van der Waals surface area contributed by atoms with Crippen LogP contribution >= 0.6 is 12.4 Å². The van der Waals surface area contributed by atoms with Crippen LogP contribution in [0.15, 0.2) is 29.1 Å². The molecule has 0 saturated carbocycles. The van der Waals surface area contributed by atoms with Crippen molar-refractivity contribution in [2.75, 3.05) is 13.1 Å². The number of pyridine rings is 1. The van der Waals surface area contributed by atoms with Gasteiger partial charge in [0.2, 0.25) is 5.56 Å². The quantitative estimate of drug-likeness (QED) is 0.737. The van der Waals surface area contributed by atoms with Gasteiger partial charge in [-0.05, 0) is 43.6 Å². The lowest BCUT2D eigenvalue weighted by atomic mass is 10.0. The predicted octanol–water partition coefficient (Wildman–Crippen LogP) is 2.20. The van der Waals surface area contributed by atoms with Gasteiger partial charge < -0.3 is 15.4 Å². The fourth-order valence-corrected chi connectivity index (χ4v) is 2.04. The number of aromatic hydroxyl groups is 1. The van der Waals surface area contributed by atoms with Gasteiger partial charge >= 0.3 is 0 Å². The zero-order valence-corrected chi connectivity index (χ0v) is 11.7. The van der Waals surface area contributed by atoms with Gasteiger partial charge in [-0.25, -0.2) is 0 Å². The maximum absolute atomic E-state index is 11.3. The van der Waals surface area contributed by atoms with E-state index in [4.69, 9.17) is 0 Å². The molecule has 0 saturated heterocycles. The van der Waals surface area contributed by atoms with Gasteiger partial charge in [0.1, 0.15) is 5.75 Å². The lowest BCUT2D eigenvalue weighted by molar-refractivity contribution is 0.480. The van der Waals surface area contributed by atoms with Crippen molar-refractivity contribution >= 4 is 23.3 Å². The van der Waals surface area contributed by atoms with Gasteiger partial charge in [0.25, 0.3) is 0 Å². The zero-order chi connectivity index (χ0) is 13.0. The average Bonchev–Trinajstić information content (AvgIpc) is 2.37. The monoisotopic (exact) mass is 282 g/mol. The number of nitrogens with one attached hydrogen (secondary N) is 2. The van der Waals surface area contributed by atoms with E-state index in [9.17, 15) is 9.90 Å². The third-order valence-electron chi connectivity index (χ3n) is 2.96. The van der Waals surface area contributed by atoms with Crippen LogP contribution in [0.3, 0.4) is 0 Å². The molecule has 4 nitrogen and oxygen atoms in total. The molecule has 0 aliphatic carbocycles. The van der Waals surface area contributed by atoms with E-state index in [2.05, 4.69) is 17.2 Å². The lowest BCUT2D eigenvalue weighted by Crippen LogP contribution is -2.18. The Bertz CT molecular complexity index is 596. The first-order chi connectivity index (χ1) is 8.72. The molecular formula is C14H19ClN2O2. The molecule has 0 radical (unpaired) electrons. The predicted molar refractivity (Wildman–Crippen MR) is 80.3 cm³/mol. The Morgan fingerprint density at radius 3 is 2.74 bits per heavy atom. The number of fused-ring (bicyclic) bond motifs is 1. The third-order valence-corrected chi connectivity index (χ3v) is 2.96. The Morgan fingerprint density at radius 1 is 1.21 bits per heavy atom. The number of phenols is 1. The summed E-state index contributed by atoms with van der Waals surface area (Å²) in [7, 11) is 0. The fourth-order valence-electron chi connectivity index (χ4n) is 2.04. The molecular weight excluding hydrogens is 264 g/mol. The minimum atomic E-state index is -0.195. The maximum atomic E-state index is 11.3. The lowest BCUT2D eigenvalue weighted by Gasteiger charge is -2.08. The molecule has 0 aliphatic rings. The Labute approximate surface area is 118 Å². The van der Waals surface area contributed by atoms with E-state index in [1.54, 1.807) is 12.1 Å². The summed E-state index contributed by atoms with van der Waals surface area (Å²) in [6.07, 6.45) is 1.99. The van der Waals surface area contributed by atoms with Crippen molar-refractivity contribution in [3.05, 3.63) is 40.2 Å². The van der Waals surface area contributed by atoms with Crippen molar-refractivity contribution in [2.45, 2.75) is 19.8 Å². The van der Waals surface area contributed by atoms with Crippen LogP contribution in [0.2, 0.25) is 0 Å². The van der Waals surface area contributed by atoms with E-state index in [1.165, 1.54) is 6.07 Å². The van der Waals surface area contributed by atoms with Gasteiger partial charge in [-0.15, -0.1) is 12.4 Å². The summed E-state index contributed by atoms with van der Waals surface area (Å²) in [6, 6.07) is 6.80. The van der Waals surface area contributed by atoms with Gasteiger partial charge in [0.15, 0.2) is 0 Å². The number of phenolic OH excluding ortho intramolecular Hbond substituents is 1. The molecule has 104 valence electrons. The van der Waals surface area contributed by atoms with Crippen LogP contribution in [0, 0.1) is 0 Å². The third kappa shape index (κ3) is 3.72. The van der Waals surface area contributed by atoms with Crippen LogP contribution in [-0.4, -0.2) is 23.2 Å². The van der Waals surface area contributed by atoms with E-state index < -0.39 is 0 Å². The average molecular weight is 283 g/mol. The molecule has 19 heavy (non-hydrogen) atoms. The highest BCUT2D eigenvalue weighted by atomic mass is 35.5. The van der Waals surface area contributed by atoms with Gasteiger partial charge in [0, 0.05) is 11.5 Å². The van der Waals surface area contributed by atoms with Crippen molar-refractivity contribution in [2.24, 2.45) is 0 Å². The van der Waals surface area contributed by atoms with Crippen molar-refractivity contribution in [3.8, 4) is 5.75 Å². The summed E-state index contributed by atoms with van der Waals surface area (Å²) in [6.45, 7) is 4.04. The van der Waals surface area contributed by atoms with Crippen LogP contribution < -0.4 is 10.9 Å². The summed E-state index contributed by atoms with van der Waals surface area (Å²) in [5.74, 6) is 0.118. The standard InChI is InChI=1S/C14H18N2O2.ClH/c1-2-8-15-9-7-10-3-5-12(17)14-11(10)4-6-13(18)16-14;/h3-6,15,17H,2,7-9H2,1H3,(H,16,18);1H. The number of hydrogen-bond donors (Lipinski definition) is 3. The maximum Gasteiger partial charge on any atom is 0.248 e. The molecule has 0 amide bonds. The molecule has 1 aromatic carbocycles. The number of halogens is 1. The molecule has 0 unspecified atom stereocenters. The first kappa shape index (κ1) is 15.5. The first-order valence-electron chi connectivity index (χ1n) is 6.27. The van der Waals surface area contributed by atoms with Crippen LogP contribution in [0.5, 0.6) is 5.75 Å². The van der Waals surface area contributed by atoms with E-state index in [1.807, 2.05) is 6.07 Å². The smallest absolute Gasteiger partial charge is 0.248 e. The summed E-state index contributed by atoms with van der Waals surface area (Å²) in [5.41, 5.74) is 1.46. The minimum Gasteiger partial charge on any atom is -0.506 e. The molecule has 2 aromatic rings. The highest BCUT2D eigenvalue weighted by Crippen LogP contribution is 2.24. The minimum absolute atomic E-state index is 0. The van der Waals surface area contributed by atoms with Crippen LogP contribution in [0.4, 0.5) is 0 Å². The van der Waals surface area contributed by atoms with Gasteiger partial charge in [-0.1, -0.05) is 13.0 Å². The molecule has 3 N–H and O–H groups in total. The molecule has 5 heteroatoms. The second kappa shape index (κ2) is 7.16. The first-order valence-corrected chi connectivity index (χ1v) is 6.27. The molecule has 1 aromatic heterocycles. The van der Waals surface area contributed by atoms with E-state index in [0.29, 0.717) is 5.52 Å². The second-order valence-electron chi connectivity index (χ2n) is 4.36. The normalized spacial score (nSPS) is 10.4. The molecule has 0 atom stereocenters. The fraction of sp³-hybridized carbons (Fsp3) is 0.357.